The van der Waals surface area contributed by atoms with E-state index in [1.54, 1.807) is 12.1 Å². The molecule has 0 unspecified atom stereocenters. The molecule has 0 aliphatic heterocycles. The molecule has 0 atom stereocenters. The molecule has 3 rings (SSSR count). The summed E-state index contributed by atoms with van der Waals surface area (Å²) in [5.41, 5.74) is 3.13. The molecule has 0 bridgehead atoms. The minimum Gasteiger partial charge on any atom is -0.491 e. The van der Waals surface area contributed by atoms with E-state index in [-0.39, 0.29) is 5.91 Å². The third-order valence-electron chi connectivity index (χ3n) is 4.11. The lowest BCUT2D eigenvalue weighted by molar-refractivity contribution is 0.102. The Morgan fingerprint density at radius 2 is 1.74 bits per heavy atom. The normalized spacial score (nSPS) is 10.3. The molecule has 0 radical (unpaired) electrons. The average molecular weight is 382 g/mol. The topological polar surface area (TPSA) is 47.6 Å². The van der Waals surface area contributed by atoms with Crippen LogP contribution in [0.4, 0.5) is 5.69 Å². The quantitative estimate of drug-likeness (QED) is 0.614. The first-order valence-corrected chi connectivity index (χ1v) is 8.87. The van der Waals surface area contributed by atoms with Crippen LogP contribution in [0.25, 0.3) is 0 Å². The zero-order chi connectivity index (χ0) is 19.2. The molecule has 0 heterocycles. The molecule has 0 fully saturated rings. The Morgan fingerprint density at radius 1 is 1.04 bits per heavy atom. The second kappa shape index (κ2) is 8.60. The summed E-state index contributed by atoms with van der Waals surface area (Å²) in [6.45, 7) is 2.28. The lowest BCUT2D eigenvalue weighted by atomic mass is 10.1. The van der Waals surface area contributed by atoms with E-state index in [1.165, 1.54) is 7.11 Å². The third-order valence-corrected chi connectivity index (χ3v) is 4.39. The summed E-state index contributed by atoms with van der Waals surface area (Å²) in [6.07, 6.45) is 0. The Labute approximate surface area is 163 Å². The molecule has 1 N–H and O–H groups in total. The number of methoxy groups -OCH3 is 1. The van der Waals surface area contributed by atoms with Gasteiger partial charge in [-0.3, -0.25) is 4.79 Å². The highest BCUT2D eigenvalue weighted by Crippen LogP contribution is 2.37. The number of nitrogens with one attached hydrogen (secondary N) is 1. The molecule has 0 spiro atoms. The van der Waals surface area contributed by atoms with Crippen LogP contribution in [0.3, 0.4) is 0 Å². The lowest BCUT2D eigenvalue weighted by Crippen LogP contribution is -2.13. The van der Waals surface area contributed by atoms with Crippen LogP contribution in [-0.2, 0) is 6.61 Å². The number of anilines is 1. The van der Waals surface area contributed by atoms with E-state index in [0.717, 1.165) is 16.8 Å². The molecule has 138 valence electrons. The maximum Gasteiger partial charge on any atom is 0.255 e. The number of ether oxygens (including phenoxy) is 2. The van der Waals surface area contributed by atoms with Crippen LogP contribution in [0, 0.1) is 6.92 Å². The van der Waals surface area contributed by atoms with E-state index >= 15 is 0 Å². The van der Waals surface area contributed by atoms with Gasteiger partial charge in [0.05, 0.1) is 12.1 Å². The van der Waals surface area contributed by atoms with Crippen molar-refractivity contribution in [2.75, 3.05) is 12.4 Å². The molecular weight excluding hydrogens is 362 g/mol. The van der Waals surface area contributed by atoms with Crippen molar-refractivity contribution < 1.29 is 14.3 Å². The van der Waals surface area contributed by atoms with Gasteiger partial charge >= 0.3 is 0 Å². The number of benzene rings is 3. The van der Waals surface area contributed by atoms with Gasteiger partial charge in [-0.05, 0) is 36.2 Å². The summed E-state index contributed by atoms with van der Waals surface area (Å²) in [7, 11) is 1.52. The third kappa shape index (κ3) is 4.60. The van der Waals surface area contributed by atoms with Crippen molar-refractivity contribution in [2.24, 2.45) is 0 Å². The van der Waals surface area contributed by atoms with Crippen LogP contribution < -0.4 is 14.8 Å². The molecule has 0 saturated heterocycles. The highest BCUT2D eigenvalue weighted by molar-refractivity contribution is 6.32. The largest absolute Gasteiger partial charge is 0.491 e. The summed E-state index contributed by atoms with van der Waals surface area (Å²) in [6, 6.07) is 20.5. The van der Waals surface area contributed by atoms with Gasteiger partial charge in [0, 0.05) is 11.3 Å². The standard InChI is InChI=1S/C22H20ClNO3/c1-15-8-6-7-11-19(15)24-22(25)17-12-18(23)21(26-2)20(13-17)27-14-16-9-4-3-5-10-16/h3-13H,14H2,1-2H3,(H,24,25). The zero-order valence-electron chi connectivity index (χ0n) is 15.2. The van der Waals surface area contributed by atoms with Crippen molar-refractivity contribution in [3.8, 4) is 11.5 Å². The molecular formula is C22H20ClNO3. The maximum absolute atomic E-state index is 12.7. The number of halogens is 1. The van der Waals surface area contributed by atoms with Gasteiger partial charge in [0.25, 0.3) is 5.91 Å². The van der Waals surface area contributed by atoms with Gasteiger partial charge in [-0.2, -0.15) is 0 Å². The number of para-hydroxylation sites is 1. The number of carbonyl (C=O) groups excluding carboxylic acids is 1. The molecule has 3 aromatic rings. The molecule has 3 aromatic carbocycles. The molecule has 0 aliphatic carbocycles. The molecule has 0 aliphatic rings. The molecule has 27 heavy (non-hydrogen) atoms. The first kappa shape index (κ1) is 18.8. The predicted molar refractivity (Wildman–Crippen MR) is 108 cm³/mol. The number of carbonyl (C=O) groups is 1. The van der Waals surface area contributed by atoms with Gasteiger partial charge in [-0.15, -0.1) is 0 Å². The Morgan fingerprint density at radius 3 is 2.44 bits per heavy atom. The fourth-order valence-electron chi connectivity index (χ4n) is 2.65. The first-order chi connectivity index (χ1) is 13.1. The van der Waals surface area contributed by atoms with Crippen molar-refractivity contribution in [1.82, 2.24) is 0 Å². The summed E-state index contributed by atoms with van der Waals surface area (Å²) < 4.78 is 11.2. The summed E-state index contributed by atoms with van der Waals surface area (Å²) in [5.74, 6) is 0.558. The first-order valence-electron chi connectivity index (χ1n) is 8.49. The average Bonchev–Trinajstić information content (AvgIpc) is 2.68. The van der Waals surface area contributed by atoms with E-state index in [9.17, 15) is 4.79 Å². The second-order valence-electron chi connectivity index (χ2n) is 6.03. The molecule has 4 nitrogen and oxygen atoms in total. The van der Waals surface area contributed by atoms with Gasteiger partial charge in [0.2, 0.25) is 0 Å². The Balaban J connectivity index is 1.84. The number of amides is 1. The van der Waals surface area contributed by atoms with Crippen molar-refractivity contribution in [3.63, 3.8) is 0 Å². The molecule has 5 heteroatoms. The predicted octanol–water partition coefficient (Wildman–Crippen LogP) is 5.49. The van der Waals surface area contributed by atoms with Crippen molar-refractivity contribution >= 4 is 23.2 Å². The summed E-state index contributed by atoms with van der Waals surface area (Å²) >= 11 is 6.31. The number of rotatable bonds is 6. The van der Waals surface area contributed by atoms with Crippen molar-refractivity contribution in [3.05, 3.63) is 88.4 Å². The van der Waals surface area contributed by atoms with E-state index in [0.29, 0.717) is 28.7 Å². The monoisotopic (exact) mass is 381 g/mol. The molecule has 0 aromatic heterocycles. The number of hydrogen-bond donors (Lipinski definition) is 1. The molecule has 1 amide bonds. The maximum atomic E-state index is 12.7. The van der Waals surface area contributed by atoms with Gasteiger partial charge < -0.3 is 14.8 Å². The van der Waals surface area contributed by atoms with Gasteiger partial charge in [0.15, 0.2) is 11.5 Å². The second-order valence-corrected chi connectivity index (χ2v) is 6.44. The van der Waals surface area contributed by atoms with E-state index in [4.69, 9.17) is 21.1 Å². The van der Waals surface area contributed by atoms with Crippen LogP contribution in [0.1, 0.15) is 21.5 Å². The minimum absolute atomic E-state index is 0.265. The highest BCUT2D eigenvalue weighted by atomic mass is 35.5. The highest BCUT2D eigenvalue weighted by Gasteiger charge is 2.16. The number of hydrogen-bond acceptors (Lipinski definition) is 3. The molecule has 0 saturated carbocycles. The van der Waals surface area contributed by atoms with Crippen molar-refractivity contribution in [2.45, 2.75) is 13.5 Å². The van der Waals surface area contributed by atoms with Crippen LogP contribution in [0.15, 0.2) is 66.7 Å². The minimum atomic E-state index is -0.265. The van der Waals surface area contributed by atoms with Crippen LogP contribution >= 0.6 is 11.6 Å². The number of aryl methyl sites for hydroxylation is 1. The Bertz CT molecular complexity index is 942. The van der Waals surface area contributed by atoms with Crippen molar-refractivity contribution in [1.29, 1.82) is 0 Å². The van der Waals surface area contributed by atoms with Gasteiger partial charge in [-0.25, -0.2) is 0 Å². The summed E-state index contributed by atoms with van der Waals surface area (Å²) in [4.78, 5) is 12.7. The fourth-order valence-corrected chi connectivity index (χ4v) is 2.94. The summed E-state index contributed by atoms with van der Waals surface area (Å²) in [5, 5.41) is 3.22. The SMILES string of the molecule is COc1c(Cl)cc(C(=O)Nc2ccccc2C)cc1OCc1ccccc1. The van der Waals surface area contributed by atoms with E-state index in [1.807, 2.05) is 61.5 Å². The van der Waals surface area contributed by atoms with Gasteiger partial charge in [0.1, 0.15) is 6.61 Å². The Kier molecular flexibility index (Phi) is 5.99. The Hall–Kier alpha value is -2.98. The van der Waals surface area contributed by atoms with Crippen LogP contribution in [0.2, 0.25) is 5.02 Å². The zero-order valence-corrected chi connectivity index (χ0v) is 15.9. The van der Waals surface area contributed by atoms with E-state index < -0.39 is 0 Å². The smallest absolute Gasteiger partial charge is 0.255 e. The van der Waals surface area contributed by atoms with Gasteiger partial charge in [-0.1, -0.05) is 60.1 Å². The van der Waals surface area contributed by atoms with Crippen LogP contribution in [0.5, 0.6) is 11.5 Å². The fraction of sp³-hybridized carbons (Fsp3) is 0.136. The lowest BCUT2D eigenvalue weighted by Gasteiger charge is -2.14. The van der Waals surface area contributed by atoms with Crippen LogP contribution in [-0.4, -0.2) is 13.0 Å². The van der Waals surface area contributed by atoms with E-state index in [2.05, 4.69) is 5.32 Å².